The highest BCUT2D eigenvalue weighted by Gasteiger charge is 2.41. The number of aliphatic hydroxyl groups is 1. The fraction of sp³-hybridized carbons (Fsp3) is 0.333. The van der Waals surface area contributed by atoms with Crippen LogP contribution in [0.5, 0.6) is 11.6 Å². The van der Waals surface area contributed by atoms with Crippen LogP contribution < -0.4 is 16.0 Å². The molecule has 3 N–H and O–H groups in total. The molecule has 12 nitrogen and oxygen atoms in total. The van der Waals surface area contributed by atoms with Gasteiger partial charge in [0.25, 0.3) is 5.56 Å². The lowest BCUT2D eigenvalue weighted by atomic mass is 9.79. The fourth-order valence-electron chi connectivity index (χ4n) is 7.07. The molecule has 0 spiro atoms. The van der Waals surface area contributed by atoms with Crippen molar-refractivity contribution < 1.29 is 14.6 Å². The fourth-order valence-corrected chi connectivity index (χ4v) is 8.02. The molecule has 0 aliphatic carbocycles. The Bertz CT molecular complexity index is 2120. The van der Waals surface area contributed by atoms with Gasteiger partial charge in [0.15, 0.2) is 5.69 Å². The number of hydrogen-bond donors (Lipinski definition) is 2. The van der Waals surface area contributed by atoms with Crippen LogP contribution in [0, 0.1) is 24.2 Å². The largest absolute Gasteiger partial charge is 0.437 e. The Kier molecular flexibility index (Phi) is 10.1. The number of thiazole rings is 1. The van der Waals surface area contributed by atoms with Gasteiger partial charge in [0.1, 0.15) is 17.1 Å². The van der Waals surface area contributed by atoms with Crippen molar-refractivity contribution in [1.29, 1.82) is 5.26 Å². The smallest absolute Gasteiger partial charge is 0.280 e. The Labute approximate surface area is 305 Å². The zero-order valence-corrected chi connectivity index (χ0v) is 29.7. The number of carbonyl (C=O) groups is 1. The number of piperidine rings is 2. The molecule has 2 atom stereocenters. The minimum Gasteiger partial charge on any atom is -0.437 e. The summed E-state index contributed by atoms with van der Waals surface area (Å²) in [5, 5.41) is 21.5. The van der Waals surface area contributed by atoms with E-state index < -0.39 is 11.2 Å². The highest BCUT2D eigenvalue weighted by atomic mass is 32.1. The zero-order chi connectivity index (χ0) is 36.2. The lowest BCUT2D eigenvalue weighted by Crippen LogP contribution is -2.53. The third kappa shape index (κ3) is 7.74. The molecule has 1 amide bonds. The van der Waals surface area contributed by atoms with Crippen molar-refractivity contribution in [3.63, 3.8) is 0 Å². The molecule has 2 fully saturated rings. The van der Waals surface area contributed by atoms with Crippen molar-refractivity contribution in [3.05, 3.63) is 118 Å². The maximum atomic E-state index is 14.2. The molecule has 2 aliphatic rings. The number of hydrogen-bond acceptors (Lipinski definition) is 11. The van der Waals surface area contributed by atoms with Gasteiger partial charge in [0.05, 0.1) is 23.8 Å². The summed E-state index contributed by atoms with van der Waals surface area (Å²) < 4.78 is 6.98. The normalized spacial score (nSPS) is 18.8. The predicted octanol–water partition coefficient (Wildman–Crippen LogP) is 4.98. The van der Waals surface area contributed by atoms with E-state index in [1.54, 1.807) is 35.6 Å². The second kappa shape index (κ2) is 15.1. The van der Waals surface area contributed by atoms with Crippen molar-refractivity contribution in [1.82, 2.24) is 29.3 Å². The number of carbonyl (C=O) groups excluding carboxylic acids is 1. The Hall–Kier alpha value is -5.42. The molecule has 0 saturated carbocycles. The van der Waals surface area contributed by atoms with E-state index in [-0.39, 0.29) is 35.9 Å². The van der Waals surface area contributed by atoms with Gasteiger partial charge in [0.2, 0.25) is 11.8 Å². The van der Waals surface area contributed by atoms with E-state index in [2.05, 4.69) is 38.1 Å². The molecule has 13 heteroatoms. The van der Waals surface area contributed by atoms with Gasteiger partial charge in [-0.15, -0.1) is 11.3 Å². The van der Waals surface area contributed by atoms with Crippen molar-refractivity contribution >= 4 is 22.9 Å². The number of nitrogens with zero attached hydrogens (tertiary/aromatic N) is 7. The van der Waals surface area contributed by atoms with Crippen molar-refractivity contribution in [3.8, 4) is 28.3 Å². The second-order valence-corrected chi connectivity index (χ2v) is 14.8. The van der Waals surface area contributed by atoms with E-state index in [0.717, 1.165) is 47.9 Å². The van der Waals surface area contributed by atoms with E-state index >= 15 is 0 Å². The van der Waals surface area contributed by atoms with E-state index in [0.29, 0.717) is 37.2 Å². The summed E-state index contributed by atoms with van der Waals surface area (Å²) in [6.07, 6.45) is 6.48. The molecular weight excluding hydrogens is 677 g/mol. The number of likely N-dealkylation sites (tertiary alicyclic amines) is 2. The average molecular weight is 717 g/mol. The van der Waals surface area contributed by atoms with Gasteiger partial charge in [-0.2, -0.15) is 5.26 Å². The van der Waals surface area contributed by atoms with Crippen LogP contribution in [-0.2, 0) is 17.9 Å². The molecule has 0 unspecified atom stereocenters. The Morgan fingerprint density at radius 3 is 2.52 bits per heavy atom. The first kappa shape index (κ1) is 35.0. The van der Waals surface area contributed by atoms with Gasteiger partial charge in [-0.25, -0.2) is 9.97 Å². The number of aromatic nitrogens is 4. The summed E-state index contributed by atoms with van der Waals surface area (Å²) >= 11 is 1.68. The molecule has 5 heterocycles. The van der Waals surface area contributed by atoms with Crippen LogP contribution in [0.2, 0.25) is 0 Å². The maximum Gasteiger partial charge on any atom is 0.280 e. The summed E-state index contributed by atoms with van der Waals surface area (Å²) in [5.41, 5.74) is 7.79. The van der Waals surface area contributed by atoms with E-state index in [1.165, 1.54) is 15.8 Å². The average Bonchev–Trinajstić information content (AvgIpc) is 3.64. The van der Waals surface area contributed by atoms with Gasteiger partial charge in [-0.1, -0.05) is 30.3 Å². The van der Waals surface area contributed by atoms with Crippen LogP contribution in [0.25, 0.3) is 10.6 Å². The number of nitrogen functional groups attached to an aromatic ring is 1. The van der Waals surface area contributed by atoms with Gasteiger partial charge in [-0.05, 0) is 74.7 Å². The number of aryl methyl sites for hydroxylation is 1. The zero-order valence-electron chi connectivity index (χ0n) is 28.9. The minimum absolute atomic E-state index is 0.00699. The summed E-state index contributed by atoms with van der Waals surface area (Å²) in [5.74, 6) is 0.283. The Balaban J connectivity index is 0.984. The molecule has 52 heavy (non-hydrogen) atoms. The maximum absolute atomic E-state index is 14.2. The molecule has 0 radical (unpaired) electrons. The van der Waals surface area contributed by atoms with Gasteiger partial charge >= 0.3 is 0 Å². The Morgan fingerprint density at radius 2 is 1.81 bits per heavy atom. The molecule has 2 saturated heterocycles. The van der Waals surface area contributed by atoms with Crippen LogP contribution in [0.4, 0.5) is 5.69 Å². The number of benzene rings is 2. The second-order valence-electron chi connectivity index (χ2n) is 13.7. The molecule has 266 valence electrons. The quantitative estimate of drug-likeness (QED) is 0.213. The molecule has 2 aromatic carbocycles. The van der Waals surface area contributed by atoms with Crippen LogP contribution in [0.15, 0.2) is 90.2 Å². The topological polar surface area (TPSA) is 163 Å². The summed E-state index contributed by atoms with van der Waals surface area (Å²) in [7, 11) is 0. The molecule has 7 rings (SSSR count). The SMILES string of the molecule is Cc1ccc(-c2ncc(CN3CC[C@@H](C(=O)N4CCC(O)(Cn5cnc(Oc6ccc(C#N)cc6)c(N)c5=O)CC4)[C@H](c4ccccc4)C3)s2)cn1. The summed E-state index contributed by atoms with van der Waals surface area (Å²) in [6, 6.07) is 22.7. The highest BCUT2D eigenvalue weighted by molar-refractivity contribution is 7.15. The van der Waals surface area contributed by atoms with Crippen LogP contribution in [-0.4, -0.2) is 72.1 Å². The highest BCUT2D eigenvalue weighted by Crippen LogP contribution is 2.37. The number of ether oxygens (including phenoxy) is 1. The van der Waals surface area contributed by atoms with Crippen molar-refractivity contribution in [2.45, 2.75) is 50.8 Å². The Morgan fingerprint density at radius 1 is 1.04 bits per heavy atom. The lowest BCUT2D eigenvalue weighted by molar-refractivity contribution is -0.142. The standard InChI is InChI=1S/C39H40N8O4S/c1-26-7-10-29(20-42-26)36-43-21-31(52-36)22-45-16-13-32(33(23-45)28-5-3-2-4-6-28)37(48)46-17-14-39(50,15-18-46)24-47-25-44-35(34(41)38(47)49)51-30-11-8-27(19-40)9-12-30/h2-12,20-21,25,32-33,50H,13-18,22-24,41H2,1H3/t32-,33+/m1/s1. The number of nitriles is 1. The summed E-state index contributed by atoms with van der Waals surface area (Å²) in [6.45, 7) is 5.03. The van der Waals surface area contributed by atoms with E-state index in [1.807, 2.05) is 54.6 Å². The first-order valence-electron chi connectivity index (χ1n) is 17.4. The number of anilines is 1. The van der Waals surface area contributed by atoms with Crippen LogP contribution >= 0.6 is 11.3 Å². The van der Waals surface area contributed by atoms with Gasteiger partial charge in [0, 0.05) is 66.5 Å². The number of rotatable bonds is 9. The third-order valence-corrected chi connectivity index (χ3v) is 11.1. The lowest BCUT2D eigenvalue weighted by Gasteiger charge is -2.43. The van der Waals surface area contributed by atoms with E-state index in [9.17, 15) is 14.7 Å². The predicted molar refractivity (Wildman–Crippen MR) is 198 cm³/mol. The number of amides is 1. The van der Waals surface area contributed by atoms with Crippen molar-refractivity contribution in [2.24, 2.45) is 5.92 Å². The molecule has 5 aromatic rings. The number of nitrogens with two attached hydrogens (primary N) is 1. The molecular formula is C39H40N8O4S. The minimum atomic E-state index is -1.21. The first-order valence-corrected chi connectivity index (χ1v) is 18.2. The molecule has 3 aromatic heterocycles. The third-order valence-electron chi connectivity index (χ3n) is 10.0. The van der Waals surface area contributed by atoms with Crippen LogP contribution in [0.1, 0.15) is 46.9 Å². The number of pyridine rings is 1. The van der Waals surface area contributed by atoms with Crippen LogP contribution in [0.3, 0.4) is 0 Å². The summed E-state index contributed by atoms with van der Waals surface area (Å²) in [4.78, 5) is 46.1. The monoisotopic (exact) mass is 716 g/mol. The van der Waals surface area contributed by atoms with Gasteiger partial charge < -0.3 is 20.5 Å². The molecule has 0 bridgehead atoms. The van der Waals surface area contributed by atoms with Crippen molar-refractivity contribution in [2.75, 3.05) is 31.9 Å². The van der Waals surface area contributed by atoms with Gasteiger partial charge in [-0.3, -0.25) is 24.0 Å². The molecule has 2 aliphatic heterocycles. The van der Waals surface area contributed by atoms with E-state index in [4.69, 9.17) is 15.7 Å². The first-order chi connectivity index (χ1) is 25.2.